The van der Waals surface area contributed by atoms with Gasteiger partial charge in [0.15, 0.2) is 0 Å². The largest absolute Gasteiger partial charge is 0.491 e. The minimum atomic E-state index is -0.326. The number of hydrogen-bond acceptors (Lipinski definition) is 4. The van der Waals surface area contributed by atoms with Gasteiger partial charge in [-0.2, -0.15) is 0 Å². The van der Waals surface area contributed by atoms with E-state index in [0.717, 1.165) is 5.56 Å². The Hall–Kier alpha value is -2.37. The van der Waals surface area contributed by atoms with Crippen LogP contribution < -0.4 is 16.0 Å². The second-order valence-corrected chi connectivity index (χ2v) is 4.38. The molecule has 0 saturated carbocycles. The molecule has 3 N–H and O–H groups in total. The maximum atomic E-state index is 11.3. The molecule has 2 aromatic carbocycles. The lowest BCUT2D eigenvalue weighted by molar-refractivity contribution is 0.0888. The molecule has 2 rings (SSSR count). The zero-order chi connectivity index (χ0) is 14.9. The zero-order valence-corrected chi connectivity index (χ0v) is 11.6. The van der Waals surface area contributed by atoms with Crippen molar-refractivity contribution in [1.82, 2.24) is 5.43 Å². The van der Waals surface area contributed by atoms with Gasteiger partial charge in [-0.15, -0.1) is 0 Å². The lowest BCUT2D eigenvalue weighted by Crippen LogP contribution is -2.29. The first-order valence-corrected chi connectivity index (χ1v) is 6.65. The molecule has 0 radical (unpaired) electrons. The van der Waals surface area contributed by atoms with Crippen molar-refractivity contribution in [2.24, 2.45) is 5.84 Å². The predicted molar refractivity (Wildman–Crippen MR) is 79.7 cm³/mol. The molecular formula is C16H18N2O3. The van der Waals surface area contributed by atoms with E-state index < -0.39 is 0 Å². The second kappa shape index (κ2) is 8.04. The monoisotopic (exact) mass is 286 g/mol. The van der Waals surface area contributed by atoms with E-state index in [1.807, 2.05) is 30.3 Å². The van der Waals surface area contributed by atoms with Gasteiger partial charge in [-0.1, -0.05) is 30.3 Å². The summed E-state index contributed by atoms with van der Waals surface area (Å²) in [5.74, 6) is 5.42. The third-order valence-corrected chi connectivity index (χ3v) is 2.86. The number of carbonyl (C=O) groups is 1. The van der Waals surface area contributed by atoms with Crippen LogP contribution in [0.5, 0.6) is 5.75 Å². The Labute approximate surface area is 123 Å². The maximum absolute atomic E-state index is 11.3. The first kappa shape index (κ1) is 15.0. The molecule has 5 heteroatoms. The first-order valence-electron chi connectivity index (χ1n) is 6.65. The van der Waals surface area contributed by atoms with Crippen LogP contribution in [0.2, 0.25) is 0 Å². The number of benzene rings is 2. The predicted octanol–water partition coefficient (Wildman–Crippen LogP) is 1.89. The molecular weight excluding hydrogens is 268 g/mol. The normalized spacial score (nSPS) is 10.1. The van der Waals surface area contributed by atoms with Crippen LogP contribution in [0.3, 0.4) is 0 Å². The van der Waals surface area contributed by atoms with Gasteiger partial charge >= 0.3 is 0 Å². The van der Waals surface area contributed by atoms with Crippen molar-refractivity contribution in [3.63, 3.8) is 0 Å². The highest BCUT2D eigenvalue weighted by Crippen LogP contribution is 2.12. The molecule has 0 heterocycles. The van der Waals surface area contributed by atoms with Gasteiger partial charge in [-0.05, 0) is 29.8 Å². The van der Waals surface area contributed by atoms with Crippen molar-refractivity contribution in [3.8, 4) is 5.75 Å². The zero-order valence-electron chi connectivity index (χ0n) is 11.6. The molecule has 0 unspecified atom stereocenters. The molecule has 1 amide bonds. The van der Waals surface area contributed by atoms with Gasteiger partial charge < -0.3 is 9.47 Å². The molecule has 21 heavy (non-hydrogen) atoms. The summed E-state index contributed by atoms with van der Waals surface area (Å²) in [4.78, 5) is 11.3. The van der Waals surface area contributed by atoms with Crippen molar-refractivity contribution in [1.29, 1.82) is 0 Å². The molecule has 0 aliphatic rings. The van der Waals surface area contributed by atoms with Crippen molar-refractivity contribution in [3.05, 3.63) is 65.7 Å². The number of ether oxygens (including phenoxy) is 2. The Morgan fingerprint density at radius 2 is 1.71 bits per heavy atom. The van der Waals surface area contributed by atoms with Gasteiger partial charge in [0.2, 0.25) is 0 Å². The summed E-state index contributed by atoms with van der Waals surface area (Å²) >= 11 is 0. The van der Waals surface area contributed by atoms with Gasteiger partial charge in [0.1, 0.15) is 12.4 Å². The van der Waals surface area contributed by atoms with Crippen molar-refractivity contribution in [2.45, 2.75) is 6.61 Å². The maximum Gasteiger partial charge on any atom is 0.265 e. The second-order valence-electron chi connectivity index (χ2n) is 4.38. The summed E-state index contributed by atoms with van der Waals surface area (Å²) in [7, 11) is 0. The average molecular weight is 286 g/mol. The smallest absolute Gasteiger partial charge is 0.265 e. The van der Waals surface area contributed by atoms with Gasteiger partial charge in [0, 0.05) is 5.56 Å². The Morgan fingerprint density at radius 3 is 2.38 bits per heavy atom. The number of hydrazine groups is 1. The van der Waals surface area contributed by atoms with E-state index in [9.17, 15) is 4.79 Å². The van der Waals surface area contributed by atoms with Crippen LogP contribution in [0.25, 0.3) is 0 Å². The molecule has 0 atom stereocenters. The van der Waals surface area contributed by atoms with E-state index in [0.29, 0.717) is 31.1 Å². The van der Waals surface area contributed by atoms with Crippen LogP contribution in [-0.2, 0) is 11.3 Å². The lowest BCUT2D eigenvalue weighted by Gasteiger charge is -2.08. The third-order valence-electron chi connectivity index (χ3n) is 2.86. The van der Waals surface area contributed by atoms with E-state index in [1.165, 1.54) is 0 Å². The summed E-state index contributed by atoms with van der Waals surface area (Å²) in [6, 6.07) is 16.7. The molecule has 0 saturated heterocycles. The van der Waals surface area contributed by atoms with Crippen molar-refractivity contribution < 1.29 is 14.3 Å². The molecule has 0 aromatic heterocycles. The Balaban J connectivity index is 1.68. The SMILES string of the molecule is NNC(=O)c1ccc(OCCOCc2ccccc2)cc1. The number of nitrogens with two attached hydrogens (primary N) is 1. The summed E-state index contributed by atoms with van der Waals surface area (Å²) < 4.78 is 11.0. The van der Waals surface area contributed by atoms with Crippen molar-refractivity contribution in [2.75, 3.05) is 13.2 Å². The standard InChI is InChI=1S/C16H18N2O3/c17-18-16(19)14-6-8-15(9-7-14)21-11-10-20-12-13-4-2-1-3-5-13/h1-9H,10-12,17H2,(H,18,19). The highest BCUT2D eigenvalue weighted by Gasteiger charge is 2.02. The van der Waals surface area contributed by atoms with Crippen molar-refractivity contribution >= 4 is 5.91 Å². The van der Waals surface area contributed by atoms with E-state index in [-0.39, 0.29) is 5.91 Å². The number of hydrogen-bond donors (Lipinski definition) is 2. The van der Waals surface area contributed by atoms with E-state index in [2.05, 4.69) is 5.43 Å². The number of rotatable bonds is 7. The molecule has 0 spiro atoms. The summed E-state index contributed by atoms with van der Waals surface area (Å²) in [5.41, 5.74) is 3.70. The summed E-state index contributed by atoms with van der Waals surface area (Å²) in [6.45, 7) is 1.52. The first-order chi connectivity index (χ1) is 10.3. The van der Waals surface area contributed by atoms with Gasteiger partial charge in [0.25, 0.3) is 5.91 Å². The number of amides is 1. The van der Waals surface area contributed by atoms with Crippen LogP contribution >= 0.6 is 0 Å². The third kappa shape index (κ3) is 4.91. The molecule has 0 bridgehead atoms. The number of nitrogen functional groups attached to an aromatic ring is 1. The van der Waals surface area contributed by atoms with Gasteiger partial charge in [-0.25, -0.2) is 5.84 Å². The molecule has 5 nitrogen and oxygen atoms in total. The minimum absolute atomic E-state index is 0.326. The van der Waals surface area contributed by atoms with Crippen LogP contribution in [0.4, 0.5) is 0 Å². The van der Waals surface area contributed by atoms with Gasteiger partial charge in [-0.3, -0.25) is 10.2 Å². The fourth-order valence-electron chi connectivity index (χ4n) is 1.77. The Morgan fingerprint density at radius 1 is 1.00 bits per heavy atom. The molecule has 110 valence electrons. The molecule has 2 aromatic rings. The number of nitrogens with one attached hydrogen (secondary N) is 1. The summed E-state index contributed by atoms with van der Waals surface area (Å²) in [5, 5.41) is 0. The highest BCUT2D eigenvalue weighted by molar-refractivity contribution is 5.93. The Bertz CT molecular complexity index is 555. The Kier molecular flexibility index (Phi) is 5.75. The average Bonchev–Trinajstić information content (AvgIpc) is 2.55. The topological polar surface area (TPSA) is 73.6 Å². The highest BCUT2D eigenvalue weighted by atomic mass is 16.5. The fraction of sp³-hybridized carbons (Fsp3) is 0.188. The quantitative estimate of drug-likeness (QED) is 0.353. The van der Waals surface area contributed by atoms with E-state index in [4.69, 9.17) is 15.3 Å². The van der Waals surface area contributed by atoms with Crippen LogP contribution in [0, 0.1) is 0 Å². The van der Waals surface area contributed by atoms with Gasteiger partial charge in [0.05, 0.1) is 13.2 Å². The minimum Gasteiger partial charge on any atom is -0.491 e. The molecule has 0 aliphatic heterocycles. The lowest BCUT2D eigenvalue weighted by atomic mass is 10.2. The van der Waals surface area contributed by atoms with Crippen LogP contribution in [0.15, 0.2) is 54.6 Å². The van der Waals surface area contributed by atoms with Crippen LogP contribution in [-0.4, -0.2) is 19.1 Å². The molecule has 0 fully saturated rings. The van der Waals surface area contributed by atoms with E-state index >= 15 is 0 Å². The summed E-state index contributed by atoms with van der Waals surface area (Å²) in [6.07, 6.45) is 0. The number of carbonyl (C=O) groups excluding carboxylic acids is 1. The van der Waals surface area contributed by atoms with Crippen LogP contribution in [0.1, 0.15) is 15.9 Å². The fourth-order valence-corrected chi connectivity index (χ4v) is 1.77. The molecule has 0 aliphatic carbocycles. The van der Waals surface area contributed by atoms with E-state index in [1.54, 1.807) is 24.3 Å².